The number of methoxy groups -OCH3 is 1. The number of anilines is 2. The molecule has 4 aromatic rings. The van der Waals surface area contributed by atoms with Crippen LogP contribution in [0.1, 0.15) is 0 Å². The van der Waals surface area contributed by atoms with Gasteiger partial charge in [-0.3, -0.25) is 4.40 Å². The van der Waals surface area contributed by atoms with Crippen molar-refractivity contribution in [2.45, 2.75) is 12.5 Å². The quantitative estimate of drug-likeness (QED) is 0.397. The molecule has 2 aromatic carbocycles. The van der Waals surface area contributed by atoms with Crippen LogP contribution in [0.3, 0.4) is 0 Å². The number of aromatic nitrogens is 3. The summed E-state index contributed by atoms with van der Waals surface area (Å²) < 4.78 is 62.5. The Hall–Kier alpha value is -3.82. The van der Waals surface area contributed by atoms with Crippen LogP contribution in [0.5, 0.6) is 11.5 Å². The van der Waals surface area contributed by atoms with Gasteiger partial charge in [0.1, 0.15) is 11.5 Å². The minimum absolute atomic E-state index is 0.310. The Kier molecular flexibility index (Phi) is 5.37. The third kappa shape index (κ3) is 4.09. The van der Waals surface area contributed by atoms with Crippen LogP contribution in [0.25, 0.3) is 16.9 Å². The lowest BCUT2D eigenvalue weighted by atomic mass is 10.1. The topological polar surface area (TPSA) is 60.7 Å². The highest BCUT2D eigenvalue weighted by atomic mass is 19.3. The number of ether oxygens (including phenoxy) is 2. The first-order valence-corrected chi connectivity index (χ1v) is 9.06. The summed E-state index contributed by atoms with van der Waals surface area (Å²) in [5.41, 5.74) is 2.35. The van der Waals surface area contributed by atoms with Crippen LogP contribution < -0.4 is 14.8 Å². The van der Waals surface area contributed by atoms with Gasteiger partial charge in [0.2, 0.25) is 0 Å². The maximum absolute atomic E-state index is 13.2. The van der Waals surface area contributed by atoms with Crippen molar-refractivity contribution in [3.63, 3.8) is 0 Å². The summed E-state index contributed by atoms with van der Waals surface area (Å²) in [6.45, 7) is 0. The SMILES string of the molecule is COc1ccccc1-c1cnc2c(Nc3cccc(OC(F)(F)C(F)F)c3)nccn12. The number of hydrogen-bond donors (Lipinski definition) is 1. The number of hydrogen-bond acceptors (Lipinski definition) is 5. The van der Waals surface area contributed by atoms with Crippen LogP contribution in [0.2, 0.25) is 0 Å². The highest BCUT2D eigenvalue weighted by Gasteiger charge is 2.44. The molecule has 160 valence electrons. The van der Waals surface area contributed by atoms with Gasteiger partial charge in [0.15, 0.2) is 11.5 Å². The lowest BCUT2D eigenvalue weighted by molar-refractivity contribution is -0.253. The zero-order valence-electron chi connectivity index (χ0n) is 16.1. The molecule has 31 heavy (non-hydrogen) atoms. The number of rotatable bonds is 7. The second-order valence-corrected chi connectivity index (χ2v) is 6.43. The fourth-order valence-electron chi connectivity index (χ4n) is 3.04. The molecule has 1 N–H and O–H groups in total. The van der Waals surface area contributed by atoms with Crippen LogP contribution in [0, 0.1) is 0 Å². The van der Waals surface area contributed by atoms with E-state index in [-0.39, 0.29) is 0 Å². The fourth-order valence-corrected chi connectivity index (χ4v) is 3.04. The summed E-state index contributed by atoms with van der Waals surface area (Å²) >= 11 is 0. The second kappa shape index (κ2) is 8.13. The molecule has 0 spiro atoms. The molecule has 0 unspecified atom stereocenters. The number of para-hydroxylation sites is 1. The van der Waals surface area contributed by atoms with Gasteiger partial charge in [0.05, 0.1) is 19.0 Å². The average molecular weight is 432 g/mol. The number of alkyl halides is 4. The molecule has 0 fully saturated rings. The molecular formula is C21H16F4N4O2. The molecule has 0 saturated heterocycles. The summed E-state index contributed by atoms with van der Waals surface area (Å²) in [5, 5.41) is 2.96. The van der Waals surface area contributed by atoms with Crippen molar-refractivity contribution in [2.24, 2.45) is 0 Å². The maximum Gasteiger partial charge on any atom is 0.461 e. The minimum Gasteiger partial charge on any atom is -0.496 e. The van der Waals surface area contributed by atoms with E-state index < -0.39 is 18.3 Å². The van der Waals surface area contributed by atoms with Crippen molar-refractivity contribution in [3.05, 3.63) is 67.1 Å². The zero-order chi connectivity index (χ0) is 22.0. The standard InChI is InChI=1S/C21H16F4N4O2/c1-30-17-8-3-2-7-15(17)16-12-27-19-18(26-9-10-29(16)19)28-13-5-4-6-14(11-13)31-21(24,25)20(22)23/h2-12,20H,1H3,(H,26,28). The number of imidazole rings is 1. The number of nitrogens with one attached hydrogen (secondary N) is 1. The summed E-state index contributed by atoms with van der Waals surface area (Å²) in [6.07, 6.45) is -3.62. The summed E-state index contributed by atoms with van der Waals surface area (Å²) in [7, 11) is 1.57. The van der Waals surface area contributed by atoms with E-state index in [1.165, 1.54) is 12.1 Å². The number of benzene rings is 2. The number of halogens is 4. The molecule has 0 radical (unpaired) electrons. The highest BCUT2D eigenvalue weighted by Crippen LogP contribution is 2.33. The molecule has 0 aliphatic heterocycles. The van der Waals surface area contributed by atoms with Gasteiger partial charge in [-0.25, -0.2) is 9.97 Å². The summed E-state index contributed by atoms with van der Waals surface area (Å²) in [4.78, 5) is 8.65. The lowest BCUT2D eigenvalue weighted by Gasteiger charge is -2.17. The predicted octanol–water partition coefficient (Wildman–Crippen LogP) is 5.39. The Bertz CT molecular complexity index is 1210. The Morgan fingerprint density at radius 2 is 1.87 bits per heavy atom. The van der Waals surface area contributed by atoms with Crippen molar-refractivity contribution in [1.82, 2.24) is 14.4 Å². The first kappa shape index (κ1) is 20.5. The van der Waals surface area contributed by atoms with E-state index in [0.29, 0.717) is 22.9 Å². The minimum atomic E-state index is -4.59. The fraction of sp³-hybridized carbons (Fsp3) is 0.143. The van der Waals surface area contributed by atoms with Gasteiger partial charge in [0, 0.05) is 29.7 Å². The summed E-state index contributed by atoms with van der Waals surface area (Å²) in [6, 6.07) is 12.7. The van der Waals surface area contributed by atoms with E-state index in [1.807, 2.05) is 24.3 Å². The van der Waals surface area contributed by atoms with Gasteiger partial charge < -0.3 is 14.8 Å². The lowest BCUT2D eigenvalue weighted by Crippen LogP contribution is -2.33. The van der Waals surface area contributed by atoms with Gasteiger partial charge in [-0.2, -0.15) is 17.6 Å². The van der Waals surface area contributed by atoms with E-state index in [0.717, 1.165) is 17.3 Å². The van der Waals surface area contributed by atoms with E-state index in [4.69, 9.17) is 4.74 Å². The average Bonchev–Trinajstić information content (AvgIpc) is 3.18. The second-order valence-electron chi connectivity index (χ2n) is 6.43. The predicted molar refractivity (Wildman–Crippen MR) is 106 cm³/mol. The molecule has 0 bridgehead atoms. The van der Waals surface area contributed by atoms with Crippen LogP contribution in [-0.4, -0.2) is 34.0 Å². The normalized spacial score (nSPS) is 11.7. The van der Waals surface area contributed by atoms with Crippen molar-refractivity contribution in [3.8, 4) is 22.8 Å². The van der Waals surface area contributed by atoms with E-state index in [9.17, 15) is 17.6 Å². The molecule has 0 aliphatic rings. The van der Waals surface area contributed by atoms with Crippen LogP contribution in [0.15, 0.2) is 67.1 Å². The monoisotopic (exact) mass is 432 g/mol. The third-order valence-corrected chi connectivity index (χ3v) is 4.42. The van der Waals surface area contributed by atoms with Crippen LogP contribution >= 0.6 is 0 Å². The molecule has 10 heteroatoms. The van der Waals surface area contributed by atoms with Crippen molar-refractivity contribution >= 4 is 17.2 Å². The Labute approximate surface area is 174 Å². The van der Waals surface area contributed by atoms with E-state index in [1.54, 1.807) is 36.2 Å². The van der Waals surface area contributed by atoms with Crippen LogP contribution in [-0.2, 0) is 0 Å². The first-order valence-electron chi connectivity index (χ1n) is 9.06. The summed E-state index contributed by atoms with van der Waals surface area (Å²) in [5.74, 6) is 0.585. The van der Waals surface area contributed by atoms with Gasteiger partial charge in [-0.15, -0.1) is 0 Å². The maximum atomic E-state index is 13.2. The van der Waals surface area contributed by atoms with Crippen molar-refractivity contribution in [2.75, 3.05) is 12.4 Å². The zero-order valence-corrected chi connectivity index (χ0v) is 16.1. The molecule has 4 rings (SSSR count). The van der Waals surface area contributed by atoms with Crippen molar-refractivity contribution < 1.29 is 27.0 Å². The molecule has 6 nitrogen and oxygen atoms in total. The largest absolute Gasteiger partial charge is 0.496 e. The van der Waals surface area contributed by atoms with Gasteiger partial charge in [-0.05, 0) is 24.3 Å². The molecule has 2 heterocycles. The van der Waals surface area contributed by atoms with Gasteiger partial charge in [0.25, 0.3) is 0 Å². The van der Waals surface area contributed by atoms with Gasteiger partial charge >= 0.3 is 12.5 Å². The van der Waals surface area contributed by atoms with E-state index >= 15 is 0 Å². The molecule has 2 aromatic heterocycles. The van der Waals surface area contributed by atoms with Gasteiger partial charge in [-0.1, -0.05) is 18.2 Å². The highest BCUT2D eigenvalue weighted by molar-refractivity contribution is 5.76. The molecular weight excluding hydrogens is 416 g/mol. The third-order valence-electron chi connectivity index (χ3n) is 4.42. The first-order chi connectivity index (χ1) is 14.9. The number of nitrogens with zero attached hydrogens (tertiary/aromatic N) is 3. The Morgan fingerprint density at radius 3 is 2.65 bits per heavy atom. The Balaban J connectivity index is 1.66. The van der Waals surface area contributed by atoms with Crippen LogP contribution in [0.4, 0.5) is 29.1 Å². The molecule has 0 aliphatic carbocycles. The smallest absolute Gasteiger partial charge is 0.461 e. The number of fused-ring (bicyclic) bond motifs is 1. The molecule has 0 amide bonds. The Morgan fingerprint density at radius 1 is 1.06 bits per heavy atom. The van der Waals surface area contributed by atoms with Crippen molar-refractivity contribution in [1.29, 1.82) is 0 Å². The molecule has 0 atom stereocenters. The van der Waals surface area contributed by atoms with E-state index in [2.05, 4.69) is 20.0 Å². The molecule has 0 saturated carbocycles.